The number of rotatable bonds is 10. The van der Waals surface area contributed by atoms with E-state index in [0.29, 0.717) is 25.5 Å². The second kappa shape index (κ2) is 9.06. The third-order valence-corrected chi connectivity index (χ3v) is 4.17. The van der Waals surface area contributed by atoms with Crippen LogP contribution >= 0.6 is 0 Å². The molecule has 1 unspecified atom stereocenters. The van der Waals surface area contributed by atoms with Crippen molar-refractivity contribution in [1.82, 2.24) is 5.32 Å². The highest BCUT2D eigenvalue weighted by molar-refractivity contribution is 5.27. The molecule has 0 saturated carbocycles. The molecule has 0 spiro atoms. The summed E-state index contributed by atoms with van der Waals surface area (Å²) in [4.78, 5) is 0. The van der Waals surface area contributed by atoms with Crippen molar-refractivity contribution in [3.63, 3.8) is 0 Å². The third kappa shape index (κ3) is 6.49. The molecule has 0 aliphatic rings. The van der Waals surface area contributed by atoms with Crippen molar-refractivity contribution in [2.24, 2.45) is 0 Å². The molecule has 3 nitrogen and oxygen atoms in total. The fourth-order valence-corrected chi connectivity index (χ4v) is 2.26. The zero-order chi connectivity index (χ0) is 15.7. The predicted octanol–water partition coefficient (Wildman–Crippen LogP) is 3.55. The van der Waals surface area contributed by atoms with E-state index in [-0.39, 0.29) is 0 Å². The van der Waals surface area contributed by atoms with Gasteiger partial charge in [-0.1, -0.05) is 32.9 Å². The number of benzene rings is 1. The van der Waals surface area contributed by atoms with Gasteiger partial charge in [0.25, 0.3) is 0 Å². The van der Waals surface area contributed by atoms with Crippen LogP contribution in [0.2, 0.25) is 0 Å². The van der Waals surface area contributed by atoms with Gasteiger partial charge in [0, 0.05) is 6.04 Å². The fraction of sp³-hybridized carbons (Fsp3) is 0.667. The molecular weight excluding hydrogens is 262 g/mol. The molecule has 1 rings (SSSR count). The van der Waals surface area contributed by atoms with Gasteiger partial charge in [0.15, 0.2) is 0 Å². The lowest BCUT2D eigenvalue weighted by Crippen LogP contribution is -2.34. The van der Waals surface area contributed by atoms with Crippen LogP contribution in [-0.2, 0) is 6.42 Å². The van der Waals surface area contributed by atoms with E-state index >= 15 is 0 Å². The standard InChI is InChI=1S/C18H31NO2/c1-5-18(20,6-2)14-21-17-12-10-16(11-13-17)9-8-15(4)19-7-3/h10-13,15,19-20H,5-9,14H2,1-4H3. The predicted molar refractivity (Wildman–Crippen MR) is 88.9 cm³/mol. The van der Waals surface area contributed by atoms with Crippen molar-refractivity contribution in [3.05, 3.63) is 29.8 Å². The quantitative estimate of drug-likeness (QED) is 0.693. The van der Waals surface area contributed by atoms with E-state index in [1.54, 1.807) is 0 Å². The van der Waals surface area contributed by atoms with Gasteiger partial charge in [0.1, 0.15) is 12.4 Å². The smallest absolute Gasteiger partial charge is 0.119 e. The number of hydrogen-bond donors (Lipinski definition) is 2. The zero-order valence-corrected chi connectivity index (χ0v) is 14.0. The van der Waals surface area contributed by atoms with Gasteiger partial charge in [0.05, 0.1) is 5.60 Å². The second-order valence-electron chi connectivity index (χ2n) is 5.86. The molecule has 0 saturated heterocycles. The number of aliphatic hydroxyl groups is 1. The van der Waals surface area contributed by atoms with Crippen LogP contribution < -0.4 is 10.1 Å². The van der Waals surface area contributed by atoms with Gasteiger partial charge in [-0.2, -0.15) is 0 Å². The van der Waals surface area contributed by atoms with E-state index < -0.39 is 5.60 Å². The maximum atomic E-state index is 10.2. The molecule has 0 amide bonds. The summed E-state index contributed by atoms with van der Waals surface area (Å²) in [6.45, 7) is 9.71. The average Bonchev–Trinajstić information content (AvgIpc) is 2.52. The van der Waals surface area contributed by atoms with Crippen LogP contribution in [0.1, 0.15) is 52.5 Å². The SMILES string of the molecule is CCNC(C)CCc1ccc(OCC(O)(CC)CC)cc1. The van der Waals surface area contributed by atoms with Crippen molar-refractivity contribution in [3.8, 4) is 5.75 Å². The van der Waals surface area contributed by atoms with E-state index in [0.717, 1.165) is 25.1 Å². The Morgan fingerprint density at radius 1 is 1.14 bits per heavy atom. The first-order valence-corrected chi connectivity index (χ1v) is 8.20. The van der Waals surface area contributed by atoms with Crippen LogP contribution in [0.25, 0.3) is 0 Å². The summed E-state index contributed by atoms with van der Waals surface area (Å²) in [5, 5.41) is 13.6. The van der Waals surface area contributed by atoms with Crippen molar-refractivity contribution >= 4 is 0 Å². The van der Waals surface area contributed by atoms with Gasteiger partial charge in [-0.25, -0.2) is 0 Å². The molecule has 21 heavy (non-hydrogen) atoms. The molecule has 1 aromatic rings. The van der Waals surface area contributed by atoms with Gasteiger partial charge in [-0.15, -0.1) is 0 Å². The first-order valence-electron chi connectivity index (χ1n) is 8.20. The lowest BCUT2D eigenvalue weighted by molar-refractivity contribution is -0.0113. The maximum Gasteiger partial charge on any atom is 0.119 e. The summed E-state index contributed by atoms with van der Waals surface area (Å²) < 4.78 is 5.71. The monoisotopic (exact) mass is 293 g/mol. The Morgan fingerprint density at radius 3 is 2.29 bits per heavy atom. The molecule has 1 atom stereocenters. The highest BCUT2D eigenvalue weighted by Crippen LogP contribution is 2.19. The molecule has 0 radical (unpaired) electrons. The molecular formula is C18H31NO2. The molecule has 2 N–H and O–H groups in total. The molecule has 0 bridgehead atoms. The Kier molecular flexibility index (Phi) is 7.76. The van der Waals surface area contributed by atoms with Crippen molar-refractivity contribution < 1.29 is 9.84 Å². The molecule has 120 valence electrons. The van der Waals surface area contributed by atoms with E-state index in [1.807, 2.05) is 26.0 Å². The van der Waals surface area contributed by atoms with Gasteiger partial charge in [-0.05, 0) is 56.8 Å². The summed E-state index contributed by atoms with van der Waals surface area (Å²) in [5.74, 6) is 0.832. The minimum atomic E-state index is -0.708. The van der Waals surface area contributed by atoms with Gasteiger partial charge >= 0.3 is 0 Å². The Balaban J connectivity index is 2.43. The van der Waals surface area contributed by atoms with E-state index in [1.165, 1.54) is 5.56 Å². The van der Waals surface area contributed by atoms with E-state index in [2.05, 4.69) is 31.3 Å². The number of aryl methyl sites for hydroxylation is 1. The van der Waals surface area contributed by atoms with Crippen LogP contribution in [0.5, 0.6) is 5.75 Å². The average molecular weight is 293 g/mol. The lowest BCUT2D eigenvalue weighted by Gasteiger charge is -2.25. The first kappa shape index (κ1) is 18.0. The maximum absolute atomic E-state index is 10.2. The summed E-state index contributed by atoms with van der Waals surface area (Å²) >= 11 is 0. The van der Waals surface area contributed by atoms with E-state index in [4.69, 9.17) is 4.74 Å². The number of hydrogen-bond acceptors (Lipinski definition) is 3. The summed E-state index contributed by atoms with van der Waals surface area (Å²) in [5.41, 5.74) is 0.619. The van der Waals surface area contributed by atoms with Gasteiger partial charge in [-0.3, -0.25) is 0 Å². The van der Waals surface area contributed by atoms with Gasteiger partial charge in [0.2, 0.25) is 0 Å². The van der Waals surface area contributed by atoms with Crippen LogP contribution in [0.3, 0.4) is 0 Å². The third-order valence-electron chi connectivity index (χ3n) is 4.17. The van der Waals surface area contributed by atoms with Gasteiger partial charge < -0.3 is 15.2 Å². The second-order valence-corrected chi connectivity index (χ2v) is 5.86. The topological polar surface area (TPSA) is 41.5 Å². The van der Waals surface area contributed by atoms with Crippen molar-refractivity contribution in [2.45, 2.75) is 65.0 Å². The molecule has 0 heterocycles. The highest BCUT2D eigenvalue weighted by atomic mass is 16.5. The minimum Gasteiger partial charge on any atom is -0.491 e. The van der Waals surface area contributed by atoms with Crippen LogP contribution in [0.15, 0.2) is 24.3 Å². The highest BCUT2D eigenvalue weighted by Gasteiger charge is 2.22. The molecule has 0 aromatic heterocycles. The number of ether oxygens (including phenoxy) is 1. The molecule has 3 heteroatoms. The summed E-state index contributed by atoms with van der Waals surface area (Å²) in [6, 6.07) is 8.78. The molecule has 0 aliphatic carbocycles. The Hall–Kier alpha value is -1.06. The molecule has 0 fully saturated rings. The number of nitrogens with one attached hydrogen (secondary N) is 1. The summed E-state index contributed by atoms with van der Waals surface area (Å²) in [7, 11) is 0. The Labute approximate surface area is 129 Å². The van der Waals surface area contributed by atoms with E-state index in [9.17, 15) is 5.11 Å². The van der Waals surface area contributed by atoms with Crippen molar-refractivity contribution in [1.29, 1.82) is 0 Å². The largest absolute Gasteiger partial charge is 0.491 e. The normalized spacial score (nSPS) is 13.2. The Bertz CT molecular complexity index is 385. The minimum absolute atomic E-state index is 0.358. The molecule has 1 aromatic carbocycles. The molecule has 0 aliphatic heterocycles. The van der Waals surface area contributed by atoms with Crippen LogP contribution in [0, 0.1) is 0 Å². The van der Waals surface area contributed by atoms with Crippen LogP contribution in [-0.4, -0.2) is 29.9 Å². The lowest BCUT2D eigenvalue weighted by atomic mass is 9.99. The zero-order valence-electron chi connectivity index (χ0n) is 14.0. The van der Waals surface area contributed by atoms with Crippen molar-refractivity contribution in [2.75, 3.05) is 13.2 Å². The first-order chi connectivity index (χ1) is 10.0. The van der Waals surface area contributed by atoms with Crippen LogP contribution in [0.4, 0.5) is 0 Å². The Morgan fingerprint density at radius 2 is 1.76 bits per heavy atom. The fourth-order valence-electron chi connectivity index (χ4n) is 2.26. The summed E-state index contributed by atoms with van der Waals surface area (Å²) in [6.07, 6.45) is 3.63.